The van der Waals surface area contributed by atoms with E-state index >= 15 is 0 Å². The van der Waals surface area contributed by atoms with Gasteiger partial charge in [-0.15, -0.1) is 0 Å². The van der Waals surface area contributed by atoms with Crippen LogP contribution in [0.15, 0.2) is 36.8 Å². The maximum atomic E-state index is 12.5. The van der Waals surface area contributed by atoms with Crippen molar-refractivity contribution < 1.29 is 9.53 Å². The molecule has 7 nitrogen and oxygen atoms in total. The molecule has 2 aromatic heterocycles. The lowest BCUT2D eigenvalue weighted by Gasteiger charge is -2.37. The van der Waals surface area contributed by atoms with E-state index in [2.05, 4.69) is 19.9 Å². The first kappa shape index (κ1) is 15.1. The molecule has 2 aliphatic rings. The Bertz CT molecular complexity index is 676. The molecule has 0 bridgehead atoms. The summed E-state index contributed by atoms with van der Waals surface area (Å²) in [5.41, 5.74) is 0.640. The topological polar surface area (TPSA) is 74.4 Å². The van der Waals surface area contributed by atoms with E-state index in [9.17, 15) is 4.79 Å². The molecule has 2 aromatic rings. The maximum Gasteiger partial charge on any atom is 0.270 e. The number of anilines is 1. The van der Waals surface area contributed by atoms with Crippen molar-refractivity contribution in [2.24, 2.45) is 5.92 Å². The number of likely N-dealkylation sites (tertiary alicyclic amines) is 1. The van der Waals surface area contributed by atoms with Crippen LogP contribution in [0.5, 0.6) is 0 Å². The van der Waals surface area contributed by atoms with Gasteiger partial charge in [0, 0.05) is 50.7 Å². The van der Waals surface area contributed by atoms with Gasteiger partial charge in [-0.25, -0.2) is 9.97 Å². The first-order chi connectivity index (χ1) is 11.8. The zero-order chi connectivity index (χ0) is 16.4. The first-order valence-electron chi connectivity index (χ1n) is 8.37. The van der Waals surface area contributed by atoms with Crippen molar-refractivity contribution in [1.29, 1.82) is 0 Å². The molecule has 4 rings (SSSR count). The molecule has 0 aromatic carbocycles. The number of carbonyl (C=O) groups excluding carboxylic acids is 1. The van der Waals surface area contributed by atoms with Crippen molar-refractivity contribution in [3.8, 4) is 0 Å². The minimum atomic E-state index is 0.0505. The summed E-state index contributed by atoms with van der Waals surface area (Å²) in [4.78, 5) is 28.3. The molecule has 0 radical (unpaired) electrons. The minimum Gasteiger partial charge on any atom is -0.374 e. The highest BCUT2D eigenvalue weighted by atomic mass is 16.5. The molecule has 2 saturated heterocycles. The van der Waals surface area contributed by atoms with Gasteiger partial charge >= 0.3 is 0 Å². The van der Waals surface area contributed by atoms with Crippen molar-refractivity contribution in [3.05, 3.63) is 42.5 Å². The summed E-state index contributed by atoms with van der Waals surface area (Å²) >= 11 is 0. The third-order valence-electron chi connectivity index (χ3n) is 4.79. The molecule has 2 aliphatic heterocycles. The summed E-state index contributed by atoms with van der Waals surface area (Å²) in [6.07, 6.45) is 6.32. The molecule has 0 spiro atoms. The van der Waals surface area contributed by atoms with E-state index in [0.29, 0.717) is 24.8 Å². The molecule has 4 heterocycles. The fraction of sp³-hybridized carbons (Fsp3) is 0.471. The molecule has 2 unspecified atom stereocenters. The number of carbonyl (C=O) groups is 1. The third kappa shape index (κ3) is 2.99. The Labute approximate surface area is 140 Å². The maximum absolute atomic E-state index is 12.5. The van der Waals surface area contributed by atoms with E-state index in [1.807, 2.05) is 23.1 Å². The normalized spacial score (nSPS) is 24.3. The molecule has 1 N–H and O–H groups in total. The van der Waals surface area contributed by atoms with E-state index in [4.69, 9.17) is 4.74 Å². The van der Waals surface area contributed by atoms with Crippen LogP contribution in [0.2, 0.25) is 0 Å². The molecule has 2 fully saturated rings. The van der Waals surface area contributed by atoms with Crippen molar-refractivity contribution in [3.63, 3.8) is 0 Å². The number of aromatic amines is 1. The Morgan fingerprint density at radius 3 is 2.88 bits per heavy atom. The van der Waals surface area contributed by atoms with Crippen molar-refractivity contribution in [1.82, 2.24) is 19.9 Å². The lowest BCUT2D eigenvalue weighted by atomic mass is 9.93. The van der Waals surface area contributed by atoms with Crippen LogP contribution in [0.4, 0.5) is 5.95 Å². The van der Waals surface area contributed by atoms with Crippen LogP contribution >= 0.6 is 0 Å². The zero-order valence-electron chi connectivity index (χ0n) is 13.5. The molecular formula is C17H21N5O2. The largest absolute Gasteiger partial charge is 0.374 e. The molecule has 0 saturated carbocycles. The SMILES string of the molecule is O=C(c1ccc[nH]1)N1CCC2CN(c3ncccn3)CCOC2C1. The van der Waals surface area contributed by atoms with Crippen LogP contribution in [-0.2, 0) is 4.74 Å². The Kier molecular flexibility index (Phi) is 4.17. The Hall–Kier alpha value is -2.41. The smallest absolute Gasteiger partial charge is 0.270 e. The summed E-state index contributed by atoms with van der Waals surface area (Å²) in [5, 5.41) is 0. The number of H-pyrrole nitrogens is 1. The van der Waals surface area contributed by atoms with Crippen LogP contribution in [0.1, 0.15) is 16.9 Å². The molecule has 2 atom stereocenters. The number of amides is 1. The van der Waals surface area contributed by atoms with Gasteiger partial charge in [0.15, 0.2) is 0 Å². The van der Waals surface area contributed by atoms with Crippen molar-refractivity contribution in [2.45, 2.75) is 12.5 Å². The zero-order valence-corrected chi connectivity index (χ0v) is 13.5. The number of ether oxygens (including phenoxy) is 1. The lowest BCUT2D eigenvalue weighted by molar-refractivity contribution is -0.0170. The van der Waals surface area contributed by atoms with Crippen LogP contribution in [0.3, 0.4) is 0 Å². The average molecular weight is 327 g/mol. The molecule has 1 amide bonds. The summed E-state index contributed by atoms with van der Waals surface area (Å²) in [7, 11) is 0. The fourth-order valence-electron chi connectivity index (χ4n) is 3.51. The Morgan fingerprint density at radius 2 is 2.08 bits per heavy atom. The summed E-state index contributed by atoms with van der Waals surface area (Å²) < 4.78 is 6.06. The highest BCUT2D eigenvalue weighted by molar-refractivity contribution is 5.92. The van der Waals surface area contributed by atoms with Crippen LogP contribution in [0, 0.1) is 5.92 Å². The Balaban J connectivity index is 1.44. The molecular weight excluding hydrogens is 306 g/mol. The van der Waals surface area contributed by atoms with Gasteiger partial charge in [0.2, 0.25) is 5.95 Å². The van der Waals surface area contributed by atoms with Gasteiger partial charge in [-0.1, -0.05) is 0 Å². The van der Waals surface area contributed by atoms with Gasteiger partial charge in [0.05, 0.1) is 12.7 Å². The number of hydrogen-bond donors (Lipinski definition) is 1. The highest BCUT2D eigenvalue weighted by Gasteiger charge is 2.35. The number of fused-ring (bicyclic) bond motifs is 1. The second kappa shape index (κ2) is 6.60. The first-order valence-corrected chi connectivity index (χ1v) is 8.37. The van der Waals surface area contributed by atoms with E-state index < -0.39 is 0 Å². The van der Waals surface area contributed by atoms with Crippen LogP contribution in [0.25, 0.3) is 0 Å². The fourth-order valence-corrected chi connectivity index (χ4v) is 3.51. The van der Waals surface area contributed by atoms with E-state index in [1.54, 1.807) is 18.6 Å². The minimum absolute atomic E-state index is 0.0505. The summed E-state index contributed by atoms with van der Waals surface area (Å²) in [6.45, 7) is 3.68. The van der Waals surface area contributed by atoms with E-state index in [0.717, 1.165) is 32.0 Å². The van der Waals surface area contributed by atoms with Crippen molar-refractivity contribution >= 4 is 11.9 Å². The van der Waals surface area contributed by atoms with Gasteiger partial charge in [-0.2, -0.15) is 0 Å². The molecule has 24 heavy (non-hydrogen) atoms. The van der Waals surface area contributed by atoms with E-state index in [1.165, 1.54) is 0 Å². The van der Waals surface area contributed by atoms with Gasteiger partial charge in [0.1, 0.15) is 5.69 Å². The molecule has 0 aliphatic carbocycles. The second-order valence-electron chi connectivity index (χ2n) is 6.29. The second-order valence-corrected chi connectivity index (χ2v) is 6.29. The number of aromatic nitrogens is 3. The number of piperidine rings is 1. The van der Waals surface area contributed by atoms with Gasteiger partial charge < -0.3 is 19.5 Å². The number of rotatable bonds is 2. The molecule has 126 valence electrons. The molecule has 7 heteroatoms. The lowest BCUT2D eigenvalue weighted by Crippen LogP contribution is -2.49. The summed E-state index contributed by atoms with van der Waals surface area (Å²) in [6, 6.07) is 5.49. The number of nitrogens with one attached hydrogen (secondary N) is 1. The van der Waals surface area contributed by atoms with Gasteiger partial charge in [-0.05, 0) is 24.6 Å². The average Bonchev–Trinajstić information content (AvgIpc) is 3.08. The monoisotopic (exact) mass is 327 g/mol. The standard InChI is InChI=1S/C17H21N5O2/c23-16(14-3-1-5-18-14)21-8-4-13-11-22(9-10-24-15(13)12-21)17-19-6-2-7-20-17/h1-3,5-7,13,15,18H,4,8-12H2. The number of nitrogens with zero attached hydrogens (tertiary/aromatic N) is 4. The highest BCUT2D eigenvalue weighted by Crippen LogP contribution is 2.26. The van der Waals surface area contributed by atoms with Gasteiger partial charge in [0.25, 0.3) is 5.91 Å². The van der Waals surface area contributed by atoms with Crippen LogP contribution in [-0.4, -0.2) is 64.6 Å². The van der Waals surface area contributed by atoms with E-state index in [-0.39, 0.29) is 12.0 Å². The quantitative estimate of drug-likeness (QED) is 0.896. The van der Waals surface area contributed by atoms with Crippen LogP contribution < -0.4 is 4.90 Å². The predicted octanol–water partition coefficient (Wildman–Crippen LogP) is 1.17. The number of hydrogen-bond acceptors (Lipinski definition) is 5. The van der Waals surface area contributed by atoms with Gasteiger partial charge in [-0.3, -0.25) is 4.79 Å². The third-order valence-corrected chi connectivity index (χ3v) is 4.79. The summed E-state index contributed by atoms with van der Waals surface area (Å²) in [5.74, 6) is 1.20. The van der Waals surface area contributed by atoms with Crippen molar-refractivity contribution in [2.75, 3.05) is 37.7 Å². The Morgan fingerprint density at radius 1 is 1.21 bits per heavy atom. The predicted molar refractivity (Wildman–Crippen MR) is 88.8 cm³/mol.